The maximum absolute atomic E-state index is 6.47. The number of pyridine rings is 1. The van der Waals surface area contributed by atoms with Crippen molar-refractivity contribution in [2.24, 2.45) is 0 Å². The summed E-state index contributed by atoms with van der Waals surface area (Å²) in [5.74, 6) is 0. The Bertz CT molecular complexity index is 1250. The third kappa shape index (κ3) is 2.08. The lowest BCUT2D eigenvalue weighted by Gasteiger charge is -2.12. The minimum atomic E-state index is 0.617. The van der Waals surface area contributed by atoms with Crippen LogP contribution in [0.4, 0.5) is 0 Å². The molecule has 0 bridgehead atoms. The molecule has 120 valence electrons. The minimum absolute atomic E-state index is 0.617. The molecule has 0 radical (unpaired) electrons. The van der Waals surface area contributed by atoms with E-state index in [4.69, 9.17) is 28.2 Å². The van der Waals surface area contributed by atoms with Crippen LogP contribution in [0.2, 0.25) is 10.0 Å². The molecule has 0 N–H and O–H groups in total. The summed E-state index contributed by atoms with van der Waals surface area (Å²) in [6, 6.07) is 22.2. The first-order chi connectivity index (χ1) is 12.3. The first-order valence-corrected chi connectivity index (χ1v) is 8.72. The molecule has 25 heavy (non-hydrogen) atoms. The van der Waals surface area contributed by atoms with Crippen LogP contribution in [0.25, 0.3) is 38.6 Å². The van der Waals surface area contributed by atoms with Crippen LogP contribution in [-0.4, -0.2) is 9.38 Å². The van der Waals surface area contributed by atoms with E-state index in [0.29, 0.717) is 10.0 Å². The van der Waals surface area contributed by atoms with Crippen LogP contribution in [0, 0.1) is 0 Å². The van der Waals surface area contributed by atoms with Gasteiger partial charge in [0.15, 0.2) is 0 Å². The van der Waals surface area contributed by atoms with Crippen molar-refractivity contribution in [3.05, 3.63) is 83.0 Å². The van der Waals surface area contributed by atoms with E-state index in [1.54, 1.807) is 0 Å². The summed E-state index contributed by atoms with van der Waals surface area (Å²) < 4.78 is 2.14. The number of rotatable bonds is 1. The fraction of sp³-hybridized carbons (Fsp3) is 0. The Labute approximate surface area is 154 Å². The Kier molecular flexibility index (Phi) is 3.24. The zero-order chi connectivity index (χ0) is 17.0. The lowest BCUT2D eigenvalue weighted by Crippen LogP contribution is -1.94. The third-order valence-electron chi connectivity index (χ3n) is 4.58. The average Bonchev–Trinajstić information content (AvgIpc) is 3.07. The van der Waals surface area contributed by atoms with Crippen molar-refractivity contribution in [1.82, 2.24) is 9.38 Å². The van der Waals surface area contributed by atoms with E-state index in [1.807, 2.05) is 36.5 Å². The van der Waals surface area contributed by atoms with Crippen LogP contribution in [0.15, 0.2) is 72.9 Å². The van der Waals surface area contributed by atoms with Gasteiger partial charge in [-0.1, -0.05) is 71.7 Å². The molecule has 0 unspecified atom stereocenters. The maximum Gasteiger partial charge on any atom is 0.145 e. The average molecular weight is 363 g/mol. The summed E-state index contributed by atoms with van der Waals surface area (Å²) in [4.78, 5) is 4.70. The van der Waals surface area contributed by atoms with Gasteiger partial charge in [-0.05, 0) is 23.6 Å². The summed E-state index contributed by atoms with van der Waals surface area (Å²) in [5.41, 5.74) is 3.69. The number of imidazole rings is 1. The van der Waals surface area contributed by atoms with Crippen molar-refractivity contribution in [3.63, 3.8) is 0 Å². The zero-order valence-corrected chi connectivity index (χ0v) is 14.6. The standard InChI is InChI=1S/C21H12Cl2N2/c22-16-9-5-10-17(23)20(16)19-12-24-21-15-8-2-1-6-13(15)14-7-3-4-11-18(14)25(19)21/h1-12H. The van der Waals surface area contributed by atoms with E-state index in [2.05, 4.69) is 40.8 Å². The van der Waals surface area contributed by atoms with Gasteiger partial charge in [0.1, 0.15) is 5.65 Å². The van der Waals surface area contributed by atoms with Gasteiger partial charge in [-0.15, -0.1) is 0 Å². The van der Waals surface area contributed by atoms with Gasteiger partial charge in [0.25, 0.3) is 0 Å². The Morgan fingerprint density at radius 3 is 2.08 bits per heavy atom. The van der Waals surface area contributed by atoms with E-state index in [9.17, 15) is 0 Å². The van der Waals surface area contributed by atoms with Gasteiger partial charge in [0.2, 0.25) is 0 Å². The molecule has 0 aliphatic rings. The quantitative estimate of drug-likeness (QED) is 0.306. The minimum Gasteiger partial charge on any atom is -0.292 e. The highest BCUT2D eigenvalue weighted by Gasteiger charge is 2.17. The first kappa shape index (κ1) is 14.8. The SMILES string of the molecule is Clc1cccc(Cl)c1-c1cnc2c3ccccc3c3ccccc3n12. The highest BCUT2D eigenvalue weighted by atomic mass is 35.5. The van der Waals surface area contributed by atoms with E-state index < -0.39 is 0 Å². The van der Waals surface area contributed by atoms with Crippen LogP contribution in [-0.2, 0) is 0 Å². The number of para-hydroxylation sites is 1. The van der Waals surface area contributed by atoms with E-state index >= 15 is 0 Å². The van der Waals surface area contributed by atoms with Gasteiger partial charge in [-0.25, -0.2) is 4.98 Å². The van der Waals surface area contributed by atoms with Gasteiger partial charge in [0, 0.05) is 16.3 Å². The second-order valence-corrected chi connectivity index (χ2v) is 6.78. The molecule has 0 amide bonds. The summed E-state index contributed by atoms with van der Waals surface area (Å²) in [5, 5.41) is 4.70. The summed E-state index contributed by atoms with van der Waals surface area (Å²) >= 11 is 12.9. The van der Waals surface area contributed by atoms with Crippen LogP contribution < -0.4 is 0 Å². The molecule has 0 aliphatic carbocycles. The van der Waals surface area contributed by atoms with Crippen molar-refractivity contribution in [2.45, 2.75) is 0 Å². The Morgan fingerprint density at radius 1 is 0.680 bits per heavy atom. The number of hydrogen-bond donors (Lipinski definition) is 0. The van der Waals surface area contributed by atoms with Gasteiger partial charge < -0.3 is 0 Å². The highest BCUT2D eigenvalue weighted by molar-refractivity contribution is 6.39. The highest BCUT2D eigenvalue weighted by Crippen LogP contribution is 2.38. The Hall–Kier alpha value is -2.55. The molecule has 0 atom stereocenters. The fourth-order valence-corrected chi connectivity index (χ4v) is 4.10. The van der Waals surface area contributed by atoms with Crippen molar-refractivity contribution < 1.29 is 0 Å². The van der Waals surface area contributed by atoms with Crippen molar-refractivity contribution >= 4 is 50.5 Å². The van der Waals surface area contributed by atoms with Crippen LogP contribution >= 0.6 is 23.2 Å². The molecule has 0 saturated heterocycles. The lowest BCUT2D eigenvalue weighted by atomic mass is 10.1. The van der Waals surface area contributed by atoms with Crippen LogP contribution in [0.3, 0.4) is 0 Å². The molecule has 2 aromatic heterocycles. The Balaban J connectivity index is 2.05. The molecule has 0 spiro atoms. The van der Waals surface area contributed by atoms with Gasteiger partial charge in [-0.3, -0.25) is 4.40 Å². The van der Waals surface area contributed by atoms with Crippen molar-refractivity contribution in [1.29, 1.82) is 0 Å². The third-order valence-corrected chi connectivity index (χ3v) is 5.21. The molecule has 4 heteroatoms. The van der Waals surface area contributed by atoms with Gasteiger partial charge in [-0.2, -0.15) is 0 Å². The molecule has 5 aromatic rings. The molecular formula is C21H12Cl2N2. The largest absolute Gasteiger partial charge is 0.292 e. The van der Waals surface area contributed by atoms with E-state index in [1.165, 1.54) is 10.8 Å². The second kappa shape index (κ2) is 5.48. The topological polar surface area (TPSA) is 17.3 Å². The number of fused-ring (bicyclic) bond motifs is 6. The number of aromatic nitrogens is 2. The Morgan fingerprint density at radius 2 is 1.32 bits per heavy atom. The first-order valence-electron chi connectivity index (χ1n) is 7.97. The number of hydrogen-bond acceptors (Lipinski definition) is 1. The summed E-state index contributed by atoms with van der Waals surface area (Å²) in [6.07, 6.45) is 1.85. The normalized spacial score (nSPS) is 11.6. The molecular weight excluding hydrogens is 351 g/mol. The summed E-state index contributed by atoms with van der Waals surface area (Å²) in [6.45, 7) is 0. The predicted octanol–water partition coefficient (Wildman–Crippen LogP) is 6.61. The van der Waals surface area contributed by atoms with E-state index in [-0.39, 0.29) is 0 Å². The van der Waals surface area contributed by atoms with Crippen LogP contribution in [0.1, 0.15) is 0 Å². The fourth-order valence-electron chi connectivity index (χ4n) is 3.51. The zero-order valence-electron chi connectivity index (χ0n) is 13.1. The molecule has 0 saturated carbocycles. The van der Waals surface area contributed by atoms with Gasteiger partial charge in [0.05, 0.1) is 27.5 Å². The number of halogens is 2. The van der Waals surface area contributed by atoms with Crippen molar-refractivity contribution in [3.8, 4) is 11.3 Å². The second-order valence-electron chi connectivity index (χ2n) is 5.96. The molecule has 2 heterocycles. The predicted molar refractivity (Wildman–Crippen MR) is 106 cm³/mol. The molecule has 0 aliphatic heterocycles. The smallest absolute Gasteiger partial charge is 0.145 e. The van der Waals surface area contributed by atoms with Crippen LogP contribution in [0.5, 0.6) is 0 Å². The molecule has 0 fully saturated rings. The summed E-state index contributed by atoms with van der Waals surface area (Å²) in [7, 11) is 0. The molecule has 5 rings (SSSR count). The maximum atomic E-state index is 6.47. The number of benzene rings is 3. The molecule has 3 aromatic carbocycles. The van der Waals surface area contributed by atoms with Crippen molar-refractivity contribution in [2.75, 3.05) is 0 Å². The van der Waals surface area contributed by atoms with E-state index in [0.717, 1.165) is 27.8 Å². The lowest BCUT2D eigenvalue weighted by molar-refractivity contribution is 1.27. The monoisotopic (exact) mass is 362 g/mol. The molecule has 2 nitrogen and oxygen atoms in total. The van der Waals surface area contributed by atoms with Gasteiger partial charge >= 0.3 is 0 Å². The number of nitrogens with zero attached hydrogens (tertiary/aromatic N) is 2.